The van der Waals surface area contributed by atoms with Gasteiger partial charge in [-0.05, 0) is 30.5 Å². The van der Waals surface area contributed by atoms with Crippen LogP contribution in [0.2, 0.25) is 5.02 Å². The summed E-state index contributed by atoms with van der Waals surface area (Å²) in [5, 5.41) is 0.406. The first-order valence-corrected chi connectivity index (χ1v) is 8.25. The summed E-state index contributed by atoms with van der Waals surface area (Å²) in [5.74, 6) is 0.281. The highest BCUT2D eigenvalue weighted by atomic mass is 35.5. The average molecular weight is 308 g/mol. The first-order chi connectivity index (χ1) is 8.55. The molecule has 1 saturated heterocycles. The number of hydrogen-bond acceptors (Lipinski definition) is 2. The SMILES string of the molecule is O=S(=O)(c1ccc(CCl)c(Cl)c1)N1CCCCC1. The van der Waals surface area contributed by atoms with Gasteiger partial charge in [-0.25, -0.2) is 8.42 Å². The largest absolute Gasteiger partial charge is 0.243 e. The topological polar surface area (TPSA) is 37.4 Å². The fourth-order valence-electron chi connectivity index (χ4n) is 2.05. The average Bonchev–Trinajstić information content (AvgIpc) is 2.39. The number of rotatable bonds is 3. The number of alkyl halides is 1. The van der Waals surface area contributed by atoms with Crippen LogP contribution >= 0.6 is 23.2 Å². The van der Waals surface area contributed by atoms with E-state index in [0.29, 0.717) is 18.1 Å². The third kappa shape index (κ3) is 2.82. The first-order valence-electron chi connectivity index (χ1n) is 5.90. The summed E-state index contributed by atoms with van der Waals surface area (Å²) in [6.45, 7) is 1.19. The second kappa shape index (κ2) is 5.78. The summed E-state index contributed by atoms with van der Waals surface area (Å²) in [5.41, 5.74) is 0.746. The Hall–Kier alpha value is -0.290. The van der Waals surface area contributed by atoms with Crippen molar-refractivity contribution in [3.63, 3.8) is 0 Å². The van der Waals surface area contributed by atoms with E-state index in [9.17, 15) is 8.42 Å². The van der Waals surface area contributed by atoms with E-state index in [-0.39, 0.29) is 10.8 Å². The van der Waals surface area contributed by atoms with Gasteiger partial charge in [-0.15, -0.1) is 11.6 Å². The highest BCUT2D eigenvalue weighted by molar-refractivity contribution is 7.89. The molecule has 1 fully saturated rings. The van der Waals surface area contributed by atoms with E-state index >= 15 is 0 Å². The van der Waals surface area contributed by atoms with Gasteiger partial charge in [0.05, 0.1) is 4.90 Å². The van der Waals surface area contributed by atoms with E-state index in [0.717, 1.165) is 24.8 Å². The van der Waals surface area contributed by atoms with Crippen LogP contribution in [-0.2, 0) is 15.9 Å². The van der Waals surface area contributed by atoms with E-state index < -0.39 is 10.0 Å². The Morgan fingerprint density at radius 1 is 1.17 bits per heavy atom. The zero-order valence-corrected chi connectivity index (χ0v) is 12.2. The molecule has 2 rings (SSSR count). The lowest BCUT2D eigenvalue weighted by Crippen LogP contribution is -2.35. The molecular weight excluding hydrogens is 293 g/mol. The summed E-state index contributed by atoms with van der Waals surface area (Å²) >= 11 is 11.7. The molecule has 0 bridgehead atoms. The van der Waals surface area contributed by atoms with Crippen LogP contribution in [-0.4, -0.2) is 25.8 Å². The maximum atomic E-state index is 12.4. The minimum absolute atomic E-state index is 0.253. The summed E-state index contributed by atoms with van der Waals surface area (Å²) in [6, 6.07) is 4.74. The fourth-order valence-corrected chi connectivity index (χ4v) is 4.21. The van der Waals surface area contributed by atoms with Gasteiger partial charge in [-0.1, -0.05) is 24.1 Å². The number of sulfonamides is 1. The van der Waals surface area contributed by atoms with E-state index in [1.54, 1.807) is 12.1 Å². The van der Waals surface area contributed by atoms with Crippen molar-refractivity contribution in [2.75, 3.05) is 13.1 Å². The van der Waals surface area contributed by atoms with Gasteiger partial charge in [-0.2, -0.15) is 4.31 Å². The van der Waals surface area contributed by atoms with E-state index in [2.05, 4.69) is 0 Å². The molecule has 0 atom stereocenters. The molecule has 3 nitrogen and oxygen atoms in total. The zero-order chi connectivity index (χ0) is 13.2. The monoisotopic (exact) mass is 307 g/mol. The van der Waals surface area contributed by atoms with Gasteiger partial charge >= 0.3 is 0 Å². The number of hydrogen-bond donors (Lipinski definition) is 0. The van der Waals surface area contributed by atoms with Crippen LogP contribution in [0.5, 0.6) is 0 Å². The summed E-state index contributed by atoms with van der Waals surface area (Å²) in [6.07, 6.45) is 2.94. The van der Waals surface area contributed by atoms with Crippen LogP contribution in [0.15, 0.2) is 23.1 Å². The lowest BCUT2D eigenvalue weighted by molar-refractivity contribution is 0.346. The number of piperidine rings is 1. The molecule has 6 heteroatoms. The Morgan fingerprint density at radius 2 is 1.83 bits per heavy atom. The van der Waals surface area contributed by atoms with Crippen LogP contribution < -0.4 is 0 Å². The Balaban J connectivity index is 2.32. The van der Waals surface area contributed by atoms with Gasteiger partial charge in [0.1, 0.15) is 0 Å². The molecule has 1 aromatic rings. The summed E-state index contributed by atoms with van der Waals surface area (Å²) in [7, 11) is -3.40. The molecule has 0 amide bonds. The molecule has 1 aliphatic heterocycles. The standard InChI is InChI=1S/C12H15Cl2NO2S/c13-9-10-4-5-11(8-12(10)14)18(16,17)15-6-2-1-3-7-15/h4-5,8H,1-3,6-7,9H2. The Bertz CT molecular complexity index is 525. The van der Waals surface area contributed by atoms with Crippen molar-refractivity contribution in [1.82, 2.24) is 4.31 Å². The molecule has 0 radical (unpaired) electrons. The highest BCUT2D eigenvalue weighted by Gasteiger charge is 2.26. The quantitative estimate of drug-likeness (QED) is 0.804. The predicted molar refractivity (Wildman–Crippen MR) is 73.6 cm³/mol. The lowest BCUT2D eigenvalue weighted by atomic mass is 10.2. The van der Waals surface area contributed by atoms with Crippen LogP contribution in [0, 0.1) is 0 Å². The Morgan fingerprint density at radius 3 is 2.39 bits per heavy atom. The van der Waals surface area contributed by atoms with E-state index in [1.165, 1.54) is 10.4 Å². The van der Waals surface area contributed by atoms with Crippen LogP contribution in [0.4, 0.5) is 0 Å². The number of halogens is 2. The van der Waals surface area contributed by atoms with Gasteiger partial charge in [0.25, 0.3) is 0 Å². The van der Waals surface area contributed by atoms with Gasteiger partial charge in [0.2, 0.25) is 10.0 Å². The molecule has 100 valence electrons. The maximum Gasteiger partial charge on any atom is 0.243 e. The molecule has 0 N–H and O–H groups in total. The molecule has 1 heterocycles. The highest BCUT2D eigenvalue weighted by Crippen LogP contribution is 2.26. The second-order valence-corrected chi connectivity index (χ2v) is 6.96. The molecule has 0 aromatic heterocycles. The van der Waals surface area contributed by atoms with Crippen molar-refractivity contribution in [3.05, 3.63) is 28.8 Å². The summed E-state index contributed by atoms with van der Waals surface area (Å²) in [4.78, 5) is 0.253. The summed E-state index contributed by atoms with van der Waals surface area (Å²) < 4.78 is 26.3. The van der Waals surface area contributed by atoms with Crippen molar-refractivity contribution in [3.8, 4) is 0 Å². The van der Waals surface area contributed by atoms with E-state index in [1.807, 2.05) is 0 Å². The van der Waals surface area contributed by atoms with Crippen molar-refractivity contribution in [2.24, 2.45) is 0 Å². The molecule has 0 unspecified atom stereocenters. The molecule has 1 aliphatic rings. The van der Waals surface area contributed by atoms with E-state index in [4.69, 9.17) is 23.2 Å². The Kier molecular flexibility index (Phi) is 4.54. The van der Waals surface area contributed by atoms with Crippen LogP contribution in [0.1, 0.15) is 24.8 Å². The van der Waals surface area contributed by atoms with Crippen molar-refractivity contribution in [2.45, 2.75) is 30.0 Å². The lowest BCUT2D eigenvalue weighted by Gasteiger charge is -2.26. The van der Waals surface area contributed by atoms with Crippen LogP contribution in [0.3, 0.4) is 0 Å². The normalized spacial score (nSPS) is 17.9. The van der Waals surface area contributed by atoms with Gasteiger partial charge in [-0.3, -0.25) is 0 Å². The van der Waals surface area contributed by atoms with Gasteiger partial charge in [0.15, 0.2) is 0 Å². The molecule has 18 heavy (non-hydrogen) atoms. The van der Waals surface area contributed by atoms with Gasteiger partial charge < -0.3 is 0 Å². The minimum Gasteiger partial charge on any atom is -0.207 e. The van der Waals surface area contributed by atoms with Crippen molar-refractivity contribution in [1.29, 1.82) is 0 Å². The Labute approximate surface area is 118 Å². The number of nitrogens with zero attached hydrogens (tertiary/aromatic N) is 1. The molecule has 0 spiro atoms. The minimum atomic E-state index is -3.40. The third-order valence-electron chi connectivity index (χ3n) is 3.12. The molecule has 1 aromatic carbocycles. The zero-order valence-electron chi connectivity index (χ0n) is 9.90. The first kappa shape index (κ1) is 14.1. The van der Waals surface area contributed by atoms with Gasteiger partial charge in [0, 0.05) is 24.0 Å². The van der Waals surface area contributed by atoms with Crippen LogP contribution in [0.25, 0.3) is 0 Å². The molecule has 0 saturated carbocycles. The van der Waals surface area contributed by atoms with Crippen molar-refractivity contribution >= 4 is 33.2 Å². The maximum absolute atomic E-state index is 12.4. The smallest absolute Gasteiger partial charge is 0.207 e. The second-order valence-electron chi connectivity index (χ2n) is 4.35. The number of benzene rings is 1. The fraction of sp³-hybridized carbons (Fsp3) is 0.500. The molecule has 0 aliphatic carbocycles. The van der Waals surface area contributed by atoms with Crippen molar-refractivity contribution < 1.29 is 8.42 Å². The third-order valence-corrected chi connectivity index (χ3v) is 5.66. The predicted octanol–water partition coefficient (Wildman–Crippen LogP) is 3.25. The molecular formula is C12H15Cl2NO2S.